The van der Waals surface area contributed by atoms with Crippen molar-refractivity contribution in [3.05, 3.63) is 28.2 Å². The van der Waals surface area contributed by atoms with Crippen LogP contribution < -0.4 is 4.90 Å². The zero-order valence-corrected chi connectivity index (χ0v) is 13.0. The number of carbonyl (C=O) groups excluding carboxylic acids is 1. The van der Waals surface area contributed by atoms with Crippen molar-refractivity contribution >= 4 is 27.6 Å². The van der Waals surface area contributed by atoms with Gasteiger partial charge in [-0.1, -0.05) is 15.9 Å². The lowest BCUT2D eigenvalue weighted by molar-refractivity contribution is -0.148. The number of hydrogen-bond donors (Lipinski definition) is 0. The van der Waals surface area contributed by atoms with Crippen LogP contribution in [0.1, 0.15) is 25.3 Å². The Balaban J connectivity index is 2.02. The second-order valence-electron chi connectivity index (χ2n) is 4.82. The van der Waals surface area contributed by atoms with Crippen LogP contribution in [-0.4, -0.2) is 25.7 Å². The van der Waals surface area contributed by atoms with Crippen molar-refractivity contribution in [3.8, 4) is 6.07 Å². The molecule has 0 saturated carbocycles. The second-order valence-corrected chi connectivity index (χ2v) is 5.74. The number of esters is 1. The van der Waals surface area contributed by atoms with Gasteiger partial charge in [-0.05, 0) is 38.0 Å². The van der Waals surface area contributed by atoms with Crippen LogP contribution in [0.2, 0.25) is 0 Å². The number of hydrogen-bond acceptors (Lipinski definition) is 4. The number of ether oxygens (including phenoxy) is 1. The Morgan fingerprint density at radius 1 is 1.45 bits per heavy atom. The van der Waals surface area contributed by atoms with Crippen LogP contribution in [0.4, 0.5) is 5.69 Å². The molecule has 2 rings (SSSR count). The molecule has 1 heterocycles. The zero-order valence-electron chi connectivity index (χ0n) is 11.4. The molecule has 0 amide bonds. The minimum atomic E-state index is -0.0842. The van der Waals surface area contributed by atoms with Crippen LogP contribution in [0.3, 0.4) is 0 Å². The van der Waals surface area contributed by atoms with Crippen LogP contribution in [0, 0.1) is 17.2 Å². The standard InChI is InChI=1S/C15H17BrN2O2/c1-2-20-15(19)12-3-5-18(6-4-12)14-8-11(10-17)7-13(16)9-14/h7-9,12H,2-6H2,1H3. The molecule has 0 radical (unpaired) electrons. The molecule has 5 heteroatoms. The lowest BCUT2D eigenvalue weighted by atomic mass is 9.96. The summed E-state index contributed by atoms with van der Waals surface area (Å²) in [6, 6.07) is 7.85. The average Bonchev–Trinajstić information content (AvgIpc) is 2.47. The second kappa shape index (κ2) is 6.76. The largest absolute Gasteiger partial charge is 0.466 e. The maximum atomic E-state index is 11.7. The van der Waals surface area contributed by atoms with Gasteiger partial charge in [-0.15, -0.1) is 0 Å². The van der Waals surface area contributed by atoms with Gasteiger partial charge in [0.05, 0.1) is 24.2 Å². The molecular weight excluding hydrogens is 320 g/mol. The summed E-state index contributed by atoms with van der Waals surface area (Å²) in [6.07, 6.45) is 1.60. The number of piperidine rings is 1. The van der Waals surface area contributed by atoms with Gasteiger partial charge in [0, 0.05) is 23.2 Å². The van der Waals surface area contributed by atoms with Crippen molar-refractivity contribution in [1.82, 2.24) is 0 Å². The van der Waals surface area contributed by atoms with Gasteiger partial charge in [0.25, 0.3) is 0 Å². The first-order chi connectivity index (χ1) is 9.63. The van der Waals surface area contributed by atoms with Crippen molar-refractivity contribution in [3.63, 3.8) is 0 Å². The molecule has 1 aliphatic rings. The molecule has 0 bridgehead atoms. The van der Waals surface area contributed by atoms with E-state index in [9.17, 15) is 4.79 Å². The summed E-state index contributed by atoms with van der Waals surface area (Å²) in [5, 5.41) is 9.01. The number of benzene rings is 1. The molecule has 0 aliphatic carbocycles. The Morgan fingerprint density at radius 3 is 2.75 bits per heavy atom. The SMILES string of the molecule is CCOC(=O)C1CCN(c2cc(Br)cc(C#N)c2)CC1. The monoisotopic (exact) mass is 336 g/mol. The van der Waals surface area contributed by atoms with Gasteiger partial charge < -0.3 is 9.64 Å². The zero-order chi connectivity index (χ0) is 14.5. The van der Waals surface area contributed by atoms with Gasteiger partial charge in [-0.25, -0.2) is 0 Å². The van der Waals surface area contributed by atoms with E-state index in [1.807, 2.05) is 19.1 Å². The van der Waals surface area contributed by atoms with E-state index < -0.39 is 0 Å². The summed E-state index contributed by atoms with van der Waals surface area (Å²) >= 11 is 3.42. The van der Waals surface area contributed by atoms with Gasteiger partial charge >= 0.3 is 5.97 Å². The van der Waals surface area contributed by atoms with Crippen LogP contribution in [0.15, 0.2) is 22.7 Å². The molecule has 106 valence electrons. The number of nitrogens with zero attached hydrogens (tertiary/aromatic N) is 2. The van der Waals surface area contributed by atoms with Gasteiger partial charge in [-0.2, -0.15) is 5.26 Å². The highest BCUT2D eigenvalue weighted by atomic mass is 79.9. The Labute approximate surface area is 127 Å². The molecule has 1 fully saturated rings. The first kappa shape index (κ1) is 14.9. The summed E-state index contributed by atoms with van der Waals surface area (Å²) in [4.78, 5) is 13.9. The molecule has 4 nitrogen and oxygen atoms in total. The minimum absolute atomic E-state index is 0.00814. The van der Waals surface area contributed by atoms with Crippen molar-refractivity contribution in [2.24, 2.45) is 5.92 Å². The molecule has 1 aromatic carbocycles. The molecule has 0 atom stereocenters. The molecule has 20 heavy (non-hydrogen) atoms. The van der Waals surface area contributed by atoms with E-state index in [0.717, 1.165) is 36.1 Å². The predicted molar refractivity (Wildman–Crippen MR) is 80.4 cm³/mol. The Kier molecular flexibility index (Phi) is 5.02. The average molecular weight is 337 g/mol. The third-order valence-corrected chi connectivity index (χ3v) is 3.95. The fraction of sp³-hybridized carbons (Fsp3) is 0.467. The highest BCUT2D eigenvalue weighted by Crippen LogP contribution is 2.27. The Bertz CT molecular complexity index is 531. The van der Waals surface area contributed by atoms with Crippen LogP contribution in [0.5, 0.6) is 0 Å². The summed E-state index contributed by atoms with van der Waals surface area (Å²) in [5.74, 6) is -0.0760. The topological polar surface area (TPSA) is 53.3 Å². The summed E-state index contributed by atoms with van der Waals surface area (Å²) < 4.78 is 5.97. The third-order valence-electron chi connectivity index (χ3n) is 3.49. The lowest BCUT2D eigenvalue weighted by Crippen LogP contribution is -2.37. The smallest absolute Gasteiger partial charge is 0.309 e. The normalized spacial score (nSPS) is 15.8. The molecule has 0 unspecified atom stereocenters. The van der Waals surface area contributed by atoms with E-state index in [1.54, 1.807) is 6.07 Å². The number of halogens is 1. The maximum Gasteiger partial charge on any atom is 0.309 e. The summed E-state index contributed by atoms with van der Waals surface area (Å²) in [7, 11) is 0. The van der Waals surface area contributed by atoms with Crippen molar-refractivity contribution in [2.45, 2.75) is 19.8 Å². The Hall–Kier alpha value is -1.54. The van der Waals surface area contributed by atoms with Crippen molar-refractivity contribution in [2.75, 3.05) is 24.6 Å². The third kappa shape index (κ3) is 3.51. The van der Waals surface area contributed by atoms with Gasteiger partial charge in [0.2, 0.25) is 0 Å². The van der Waals surface area contributed by atoms with Gasteiger partial charge in [-0.3, -0.25) is 4.79 Å². The van der Waals surface area contributed by atoms with Gasteiger partial charge in [0.1, 0.15) is 0 Å². The number of nitriles is 1. The summed E-state index contributed by atoms with van der Waals surface area (Å²) in [5.41, 5.74) is 1.67. The van der Waals surface area contributed by atoms with Crippen LogP contribution in [-0.2, 0) is 9.53 Å². The fourth-order valence-electron chi connectivity index (χ4n) is 2.45. The molecule has 0 aromatic heterocycles. The van der Waals surface area contributed by atoms with Crippen LogP contribution in [0.25, 0.3) is 0 Å². The highest BCUT2D eigenvalue weighted by Gasteiger charge is 2.26. The minimum Gasteiger partial charge on any atom is -0.466 e. The van der Waals surface area contributed by atoms with Gasteiger partial charge in [0.15, 0.2) is 0 Å². The summed E-state index contributed by atoms with van der Waals surface area (Å²) in [6.45, 7) is 3.89. The molecule has 1 aliphatic heterocycles. The highest BCUT2D eigenvalue weighted by molar-refractivity contribution is 9.10. The van der Waals surface area contributed by atoms with E-state index in [0.29, 0.717) is 12.2 Å². The van der Waals surface area contributed by atoms with E-state index in [1.165, 1.54) is 0 Å². The molecule has 1 saturated heterocycles. The van der Waals surface area contributed by atoms with E-state index in [2.05, 4.69) is 26.9 Å². The maximum absolute atomic E-state index is 11.7. The van der Waals surface area contributed by atoms with Crippen LogP contribution >= 0.6 is 15.9 Å². The van der Waals surface area contributed by atoms with E-state index in [-0.39, 0.29) is 11.9 Å². The fourth-order valence-corrected chi connectivity index (χ4v) is 2.94. The quantitative estimate of drug-likeness (QED) is 0.796. The number of carbonyl (C=O) groups is 1. The molecule has 0 spiro atoms. The first-order valence-corrected chi connectivity index (χ1v) is 7.55. The van der Waals surface area contributed by atoms with E-state index >= 15 is 0 Å². The number of anilines is 1. The molecular formula is C15H17BrN2O2. The molecule has 1 aromatic rings. The first-order valence-electron chi connectivity index (χ1n) is 6.76. The molecule has 0 N–H and O–H groups in total. The number of rotatable bonds is 3. The van der Waals surface area contributed by atoms with Crippen molar-refractivity contribution in [1.29, 1.82) is 5.26 Å². The van der Waals surface area contributed by atoms with Crippen molar-refractivity contribution < 1.29 is 9.53 Å². The predicted octanol–water partition coefficient (Wildman–Crippen LogP) is 3.10. The van der Waals surface area contributed by atoms with E-state index in [4.69, 9.17) is 10.00 Å². The Morgan fingerprint density at radius 2 is 2.15 bits per heavy atom. The lowest BCUT2D eigenvalue weighted by Gasteiger charge is -2.32.